The van der Waals surface area contributed by atoms with Crippen molar-refractivity contribution in [2.75, 3.05) is 0 Å². The number of phenols is 1. The van der Waals surface area contributed by atoms with Gasteiger partial charge in [-0.3, -0.25) is 9.59 Å². The molecule has 0 amide bonds. The number of hydrogen-bond donors (Lipinski definition) is 3. The number of pyridine rings is 1. The highest BCUT2D eigenvalue weighted by Crippen LogP contribution is 2.37. The highest BCUT2D eigenvalue weighted by Gasteiger charge is 2.18. The molecule has 7 nitrogen and oxygen atoms in total. The molecule has 4 rings (SSSR count). The van der Waals surface area contributed by atoms with Crippen molar-refractivity contribution >= 4 is 38.7 Å². The number of nitrogens with zero attached hydrogens (tertiary/aromatic N) is 1. The zero-order valence-corrected chi connectivity index (χ0v) is 12.9. The maximum absolute atomic E-state index is 12.3. The number of carboxylic acid groups (broad SMARTS) is 1. The fraction of sp³-hybridized carbons (Fsp3) is 0.111. The van der Waals surface area contributed by atoms with Gasteiger partial charge in [0.1, 0.15) is 16.9 Å². The van der Waals surface area contributed by atoms with Crippen LogP contribution in [-0.2, 0) is 11.3 Å². The fourth-order valence-corrected chi connectivity index (χ4v) is 3.09. The van der Waals surface area contributed by atoms with Crippen LogP contribution in [0.5, 0.6) is 11.6 Å². The number of aryl methyl sites for hydroxylation is 1. The number of carboxylic acids is 1. The summed E-state index contributed by atoms with van der Waals surface area (Å²) >= 11 is 0. The lowest BCUT2D eigenvalue weighted by atomic mass is 10.0. The Morgan fingerprint density at radius 1 is 1.04 bits per heavy atom. The van der Waals surface area contributed by atoms with Gasteiger partial charge < -0.3 is 24.3 Å². The summed E-state index contributed by atoms with van der Waals surface area (Å²) in [6.07, 6.45) is 1.37. The smallest absolute Gasteiger partial charge is 0.305 e. The number of fused-ring (bicyclic) bond motifs is 2. The number of aromatic nitrogens is 1. The van der Waals surface area contributed by atoms with Crippen LogP contribution in [0.2, 0.25) is 0 Å². The first-order valence-electron chi connectivity index (χ1n) is 7.58. The van der Waals surface area contributed by atoms with Crippen LogP contribution in [0.1, 0.15) is 6.42 Å². The van der Waals surface area contributed by atoms with Gasteiger partial charge in [0.2, 0.25) is 5.88 Å². The Morgan fingerprint density at radius 3 is 2.56 bits per heavy atom. The number of benzene rings is 2. The minimum atomic E-state index is -1.02. The number of phenolic OH excluding ortho intramolecular Hbond substituents is 1. The Kier molecular flexibility index (Phi) is 3.18. The van der Waals surface area contributed by atoms with E-state index in [4.69, 9.17) is 9.52 Å². The lowest BCUT2D eigenvalue weighted by molar-refractivity contribution is -0.137. The third-order valence-electron chi connectivity index (χ3n) is 4.22. The molecule has 0 atom stereocenters. The van der Waals surface area contributed by atoms with Crippen LogP contribution in [0.15, 0.2) is 45.7 Å². The van der Waals surface area contributed by atoms with Gasteiger partial charge in [0, 0.05) is 28.9 Å². The maximum Gasteiger partial charge on any atom is 0.305 e. The topological polar surface area (TPSA) is 113 Å². The van der Waals surface area contributed by atoms with Crippen molar-refractivity contribution in [1.82, 2.24) is 4.57 Å². The Labute approximate surface area is 140 Å². The molecule has 25 heavy (non-hydrogen) atoms. The van der Waals surface area contributed by atoms with Gasteiger partial charge in [0.05, 0.1) is 11.8 Å². The van der Waals surface area contributed by atoms with Gasteiger partial charge in [-0.1, -0.05) is 0 Å². The fourth-order valence-electron chi connectivity index (χ4n) is 3.09. The molecule has 0 bridgehead atoms. The van der Waals surface area contributed by atoms with Gasteiger partial charge in [-0.25, -0.2) is 0 Å². The molecule has 2 aromatic carbocycles. The predicted molar refractivity (Wildman–Crippen MR) is 91.1 cm³/mol. The van der Waals surface area contributed by atoms with E-state index in [9.17, 15) is 19.8 Å². The Balaban J connectivity index is 2.20. The van der Waals surface area contributed by atoms with E-state index in [1.165, 1.54) is 28.8 Å². The first-order chi connectivity index (χ1) is 12.0. The van der Waals surface area contributed by atoms with Crippen molar-refractivity contribution in [2.24, 2.45) is 0 Å². The largest absolute Gasteiger partial charge is 0.508 e. The zero-order valence-electron chi connectivity index (χ0n) is 12.9. The molecule has 0 spiro atoms. The monoisotopic (exact) mass is 339 g/mol. The van der Waals surface area contributed by atoms with Crippen molar-refractivity contribution in [3.8, 4) is 11.6 Å². The maximum atomic E-state index is 12.3. The van der Waals surface area contributed by atoms with E-state index in [2.05, 4.69) is 0 Å². The summed E-state index contributed by atoms with van der Waals surface area (Å²) in [5.74, 6) is -1.29. The number of carbonyl (C=O) groups is 1. The standard InChI is InChI=1S/C18H13NO6/c20-9-1-3-13-10(7-9)11-8-19(6-5-15(22)23)18(24)17-12(21)2-4-14(25-13)16(11)17/h1-4,7-8,20,24H,5-6H2,(H,22,23). The van der Waals surface area contributed by atoms with Crippen LogP contribution in [0.3, 0.4) is 0 Å². The van der Waals surface area contributed by atoms with Crippen molar-refractivity contribution in [3.63, 3.8) is 0 Å². The van der Waals surface area contributed by atoms with Crippen molar-refractivity contribution in [3.05, 3.63) is 46.8 Å². The second kappa shape index (κ2) is 5.27. The first kappa shape index (κ1) is 15.1. The van der Waals surface area contributed by atoms with E-state index in [1.54, 1.807) is 12.3 Å². The molecule has 0 aliphatic rings. The van der Waals surface area contributed by atoms with Crippen molar-refractivity contribution < 1.29 is 24.5 Å². The van der Waals surface area contributed by atoms with Gasteiger partial charge in [-0.2, -0.15) is 0 Å². The van der Waals surface area contributed by atoms with Crippen LogP contribution in [0.25, 0.3) is 32.7 Å². The third kappa shape index (κ3) is 2.28. The second-order valence-electron chi connectivity index (χ2n) is 5.80. The highest BCUT2D eigenvalue weighted by atomic mass is 16.4. The average molecular weight is 339 g/mol. The SMILES string of the molecule is O=C(O)CCn1cc2c3cc(O)ccc3oc3ccc(=O)c(c1O)c32. The molecule has 0 aliphatic carbocycles. The molecular weight excluding hydrogens is 326 g/mol. The van der Waals surface area contributed by atoms with Crippen LogP contribution < -0.4 is 5.43 Å². The zero-order chi connectivity index (χ0) is 17.7. The third-order valence-corrected chi connectivity index (χ3v) is 4.22. The number of rotatable bonds is 3. The van der Waals surface area contributed by atoms with E-state index in [0.717, 1.165) is 0 Å². The molecule has 0 radical (unpaired) electrons. The van der Waals surface area contributed by atoms with E-state index in [1.807, 2.05) is 0 Å². The van der Waals surface area contributed by atoms with Gasteiger partial charge in [0.25, 0.3) is 0 Å². The molecule has 7 heteroatoms. The lowest BCUT2D eigenvalue weighted by Gasteiger charge is -2.15. The van der Waals surface area contributed by atoms with Crippen LogP contribution in [0.4, 0.5) is 0 Å². The number of aliphatic carboxylic acids is 1. The van der Waals surface area contributed by atoms with Crippen LogP contribution in [0, 0.1) is 0 Å². The molecule has 0 saturated carbocycles. The normalized spacial score (nSPS) is 11.5. The Bertz CT molecular complexity index is 1220. The molecule has 4 aromatic rings. The number of aromatic hydroxyl groups is 2. The summed E-state index contributed by atoms with van der Waals surface area (Å²) in [6.45, 7) is 0.00276. The van der Waals surface area contributed by atoms with Gasteiger partial charge in [0.15, 0.2) is 5.43 Å². The summed E-state index contributed by atoms with van der Waals surface area (Å²) in [4.78, 5) is 23.2. The van der Waals surface area contributed by atoms with E-state index >= 15 is 0 Å². The van der Waals surface area contributed by atoms with Crippen molar-refractivity contribution in [2.45, 2.75) is 13.0 Å². The van der Waals surface area contributed by atoms with E-state index in [-0.39, 0.29) is 30.0 Å². The average Bonchev–Trinajstić information content (AvgIpc) is 2.57. The second-order valence-corrected chi connectivity index (χ2v) is 5.80. The van der Waals surface area contributed by atoms with Gasteiger partial charge >= 0.3 is 5.97 Å². The Morgan fingerprint density at radius 2 is 1.80 bits per heavy atom. The summed E-state index contributed by atoms with van der Waals surface area (Å²) < 4.78 is 7.12. The quantitative estimate of drug-likeness (QED) is 0.391. The summed E-state index contributed by atoms with van der Waals surface area (Å²) in [5, 5.41) is 30.8. The highest BCUT2D eigenvalue weighted by molar-refractivity contribution is 6.18. The number of hydrogen-bond acceptors (Lipinski definition) is 5. The molecule has 0 fully saturated rings. The molecular formula is C18H13NO6. The van der Waals surface area contributed by atoms with Gasteiger partial charge in [-0.15, -0.1) is 0 Å². The minimum Gasteiger partial charge on any atom is -0.508 e. The van der Waals surface area contributed by atoms with Crippen molar-refractivity contribution in [1.29, 1.82) is 0 Å². The summed E-state index contributed by atoms with van der Waals surface area (Å²) in [7, 11) is 0. The van der Waals surface area contributed by atoms with E-state index in [0.29, 0.717) is 27.3 Å². The predicted octanol–water partition coefficient (Wildman–Crippen LogP) is 2.79. The minimum absolute atomic E-state index is 0.00276. The molecule has 3 N–H and O–H groups in total. The molecule has 0 saturated heterocycles. The molecule has 2 aromatic heterocycles. The first-order valence-corrected chi connectivity index (χ1v) is 7.58. The van der Waals surface area contributed by atoms with Crippen LogP contribution >= 0.6 is 0 Å². The summed E-state index contributed by atoms with van der Waals surface area (Å²) in [5.41, 5.74) is 0.526. The molecule has 0 unspecified atom stereocenters. The van der Waals surface area contributed by atoms with Gasteiger partial charge in [-0.05, 0) is 30.3 Å². The lowest BCUT2D eigenvalue weighted by Crippen LogP contribution is -2.09. The summed E-state index contributed by atoms with van der Waals surface area (Å²) in [6, 6.07) is 7.43. The Hall–Kier alpha value is -3.48. The molecule has 2 heterocycles. The van der Waals surface area contributed by atoms with Crippen LogP contribution in [-0.4, -0.2) is 25.9 Å². The molecule has 0 aliphatic heterocycles. The molecule has 126 valence electrons. The van der Waals surface area contributed by atoms with E-state index < -0.39 is 11.4 Å².